The molecular weight excluding hydrogens is 405 g/mol. The molecule has 170 valence electrons. The number of nitrogens with zero attached hydrogens (tertiary/aromatic N) is 3. The quantitative estimate of drug-likeness (QED) is 0.618. The maximum atomic E-state index is 15.4. The van der Waals surface area contributed by atoms with Crippen LogP contribution in [0.15, 0.2) is 15.7 Å². The van der Waals surface area contributed by atoms with Gasteiger partial charge in [0.1, 0.15) is 11.2 Å². The Morgan fingerprint density at radius 2 is 1.97 bits per heavy atom. The molecule has 31 heavy (non-hydrogen) atoms. The Morgan fingerprint density at radius 3 is 2.58 bits per heavy atom. The molecule has 0 radical (unpaired) electrons. The molecule has 0 bridgehead atoms. The zero-order valence-corrected chi connectivity index (χ0v) is 18.1. The van der Waals surface area contributed by atoms with Gasteiger partial charge in [0.15, 0.2) is 11.6 Å². The lowest BCUT2D eigenvalue weighted by molar-refractivity contribution is 0.176. The number of rotatable bonds is 7. The Bertz CT molecular complexity index is 1110. The molecule has 10 heteroatoms. The zero-order valence-electron chi connectivity index (χ0n) is 18.1. The third-order valence-corrected chi connectivity index (χ3v) is 6.59. The molecular formula is C21H30FN5O4. The van der Waals surface area contributed by atoms with Gasteiger partial charge in [-0.1, -0.05) is 6.92 Å². The van der Waals surface area contributed by atoms with Crippen molar-refractivity contribution in [1.82, 2.24) is 9.24 Å². The van der Waals surface area contributed by atoms with E-state index in [4.69, 9.17) is 21.1 Å². The molecule has 1 aromatic carbocycles. The topological polar surface area (TPSA) is 118 Å². The number of aromatic nitrogens is 2. The summed E-state index contributed by atoms with van der Waals surface area (Å²) in [7, 11) is 3.07. The predicted octanol–water partition coefficient (Wildman–Crippen LogP) is 0.796. The second-order valence-corrected chi connectivity index (χ2v) is 8.69. The van der Waals surface area contributed by atoms with Gasteiger partial charge in [-0.25, -0.2) is 9.18 Å². The van der Waals surface area contributed by atoms with Gasteiger partial charge in [-0.3, -0.25) is 9.36 Å². The molecule has 2 aromatic rings. The highest BCUT2D eigenvalue weighted by Gasteiger charge is 2.38. The predicted molar refractivity (Wildman–Crippen MR) is 117 cm³/mol. The first-order valence-corrected chi connectivity index (χ1v) is 10.6. The van der Waals surface area contributed by atoms with E-state index < -0.39 is 17.1 Å². The third kappa shape index (κ3) is 3.57. The van der Waals surface area contributed by atoms with E-state index >= 15 is 4.39 Å². The van der Waals surface area contributed by atoms with E-state index in [1.165, 1.54) is 17.7 Å². The number of halogens is 1. The summed E-state index contributed by atoms with van der Waals surface area (Å²) in [6.07, 6.45) is 2.30. The number of hydrogen-bond acceptors (Lipinski definition) is 7. The molecule has 4 N–H and O–H groups in total. The molecule has 0 spiro atoms. The van der Waals surface area contributed by atoms with Crippen LogP contribution in [0.4, 0.5) is 10.1 Å². The normalized spacial score (nSPS) is 22.3. The highest BCUT2D eigenvalue weighted by atomic mass is 19.1. The molecule has 3 atom stereocenters. The molecule has 2 aliphatic rings. The summed E-state index contributed by atoms with van der Waals surface area (Å²) in [6, 6.07) is 1.01. The van der Waals surface area contributed by atoms with Crippen LogP contribution in [-0.4, -0.2) is 49.2 Å². The maximum absolute atomic E-state index is 15.4. The van der Waals surface area contributed by atoms with Crippen molar-refractivity contribution in [2.45, 2.75) is 38.3 Å². The van der Waals surface area contributed by atoms with E-state index in [0.29, 0.717) is 36.3 Å². The summed E-state index contributed by atoms with van der Waals surface area (Å²) in [4.78, 5) is 27.3. The van der Waals surface area contributed by atoms with Crippen LogP contribution in [0.5, 0.6) is 5.75 Å². The lowest BCUT2D eigenvalue weighted by atomic mass is 9.89. The summed E-state index contributed by atoms with van der Waals surface area (Å²) in [5.41, 5.74) is 5.59. The van der Waals surface area contributed by atoms with Crippen molar-refractivity contribution in [2.75, 3.05) is 44.7 Å². The minimum absolute atomic E-state index is 0.0349. The molecule has 2 heterocycles. The number of methoxy groups -OCH3 is 2. The average molecular weight is 436 g/mol. The molecule has 1 aromatic heterocycles. The number of benzene rings is 1. The van der Waals surface area contributed by atoms with E-state index in [-0.39, 0.29) is 40.7 Å². The van der Waals surface area contributed by atoms with Gasteiger partial charge in [0.25, 0.3) is 5.56 Å². The first kappa shape index (κ1) is 21.6. The van der Waals surface area contributed by atoms with E-state index in [1.807, 2.05) is 4.90 Å². The molecule has 0 amide bonds. The number of nitrogen functional groups attached to an aromatic ring is 1. The van der Waals surface area contributed by atoms with Crippen LogP contribution in [0.1, 0.15) is 32.2 Å². The minimum Gasteiger partial charge on any atom is -0.492 e. The Labute approximate surface area is 179 Å². The summed E-state index contributed by atoms with van der Waals surface area (Å²) >= 11 is 0. The van der Waals surface area contributed by atoms with Crippen molar-refractivity contribution >= 4 is 16.6 Å². The monoisotopic (exact) mass is 435 g/mol. The van der Waals surface area contributed by atoms with E-state index in [1.54, 1.807) is 7.11 Å². The first-order valence-electron chi connectivity index (χ1n) is 10.6. The largest absolute Gasteiger partial charge is 0.492 e. The van der Waals surface area contributed by atoms with Gasteiger partial charge in [-0.05, 0) is 37.2 Å². The maximum Gasteiger partial charge on any atom is 0.350 e. The van der Waals surface area contributed by atoms with Crippen LogP contribution in [0.2, 0.25) is 0 Å². The fourth-order valence-electron chi connectivity index (χ4n) is 4.80. The molecule has 0 unspecified atom stereocenters. The van der Waals surface area contributed by atoms with Crippen molar-refractivity contribution < 1.29 is 13.9 Å². The molecule has 1 aliphatic heterocycles. The second kappa shape index (κ2) is 8.16. The third-order valence-electron chi connectivity index (χ3n) is 6.59. The highest BCUT2D eigenvalue weighted by Crippen LogP contribution is 2.44. The van der Waals surface area contributed by atoms with E-state index in [2.05, 4.69) is 6.92 Å². The lowest BCUT2D eigenvalue weighted by Crippen LogP contribution is -2.44. The van der Waals surface area contributed by atoms with Crippen molar-refractivity contribution in [3.63, 3.8) is 0 Å². The van der Waals surface area contributed by atoms with Crippen molar-refractivity contribution in [2.24, 2.45) is 17.6 Å². The van der Waals surface area contributed by atoms with Crippen molar-refractivity contribution in [3.05, 3.63) is 32.7 Å². The summed E-state index contributed by atoms with van der Waals surface area (Å²) in [5, 5.41) is 0.0349. The molecule has 1 aliphatic carbocycles. The minimum atomic E-state index is -0.741. The second-order valence-electron chi connectivity index (χ2n) is 8.69. The molecule has 2 fully saturated rings. The summed E-state index contributed by atoms with van der Waals surface area (Å²) in [5.74, 6) is 5.69. The molecule has 1 saturated carbocycles. The number of nitrogens with two attached hydrogens (primary N) is 2. The number of fused-ring (bicyclic) bond motifs is 1. The lowest BCUT2D eigenvalue weighted by Gasteiger charge is -2.25. The zero-order chi connectivity index (χ0) is 22.4. The summed E-state index contributed by atoms with van der Waals surface area (Å²) < 4.78 is 28.2. The Balaban J connectivity index is 1.85. The highest BCUT2D eigenvalue weighted by molar-refractivity contribution is 5.91. The van der Waals surface area contributed by atoms with Gasteiger partial charge in [0, 0.05) is 38.9 Å². The molecule has 1 saturated heterocycles. The van der Waals surface area contributed by atoms with Crippen LogP contribution in [-0.2, 0) is 4.74 Å². The van der Waals surface area contributed by atoms with Crippen LogP contribution in [0.25, 0.3) is 10.9 Å². The molecule has 9 nitrogen and oxygen atoms in total. The Morgan fingerprint density at radius 1 is 1.26 bits per heavy atom. The van der Waals surface area contributed by atoms with E-state index in [0.717, 1.165) is 12.8 Å². The van der Waals surface area contributed by atoms with Gasteiger partial charge in [0.2, 0.25) is 0 Å². The smallest absolute Gasteiger partial charge is 0.350 e. The Kier molecular flexibility index (Phi) is 5.69. The van der Waals surface area contributed by atoms with Crippen LogP contribution in [0.3, 0.4) is 0 Å². The van der Waals surface area contributed by atoms with Gasteiger partial charge in [0.05, 0.1) is 12.5 Å². The summed E-state index contributed by atoms with van der Waals surface area (Å²) in [6.45, 7) is 3.80. The van der Waals surface area contributed by atoms with Gasteiger partial charge in [-0.15, -0.1) is 0 Å². The van der Waals surface area contributed by atoms with Crippen molar-refractivity contribution in [3.8, 4) is 5.75 Å². The standard InChI is InChI=1S/C21H30FN5O4/c1-11-9-25(10-14(11)16(23)6-7-30-2)18-15(22)8-13-17(19(18)31-3)26(12-4-5-12)21(29)27(24)20(13)28/h8,11-12,14,16H,4-7,9-10,23-24H2,1-3H3/t11-,14-,16+/m0/s1. The average Bonchev–Trinajstić information content (AvgIpc) is 3.51. The van der Waals surface area contributed by atoms with Crippen LogP contribution < -0.4 is 32.5 Å². The number of anilines is 1. The number of hydrogen-bond donors (Lipinski definition) is 2. The van der Waals surface area contributed by atoms with Crippen LogP contribution in [0, 0.1) is 17.7 Å². The van der Waals surface area contributed by atoms with Crippen LogP contribution >= 0.6 is 0 Å². The van der Waals surface area contributed by atoms with Gasteiger partial charge >= 0.3 is 5.69 Å². The fraction of sp³-hybridized carbons (Fsp3) is 0.619. The SMILES string of the molecule is COCC[C@@H](N)[C@H]1CN(c2c(F)cc3c(=O)n(N)c(=O)n(C4CC4)c3c2OC)C[C@@H]1C. The fourth-order valence-corrected chi connectivity index (χ4v) is 4.80. The Hall–Kier alpha value is -2.59. The van der Waals surface area contributed by atoms with Gasteiger partial charge in [-0.2, -0.15) is 4.68 Å². The first-order chi connectivity index (χ1) is 14.8. The number of ether oxygens (including phenoxy) is 2. The van der Waals surface area contributed by atoms with E-state index in [9.17, 15) is 9.59 Å². The van der Waals surface area contributed by atoms with Crippen molar-refractivity contribution in [1.29, 1.82) is 0 Å². The van der Waals surface area contributed by atoms with Gasteiger partial charge < -0.3 is 25.9 Å². The molecule has 4 rings (SSSR count).